The Labute approximate surface area is 415 Å². The first-order valence-electron chi connectivity index (χ1n) is 26.4. The van der Waals surface area contributed by atoms with Crippen molar-refractivity contribution in [1.29, 1.82) is 0 Å². The van der Waals surface area contributed by atoms with E-state index in [-0.39, 0.29) is 34.3 Å². The fraction of sp³-hybridized carbons (Fsp3) is 0.643. The molecule has 0 aliphatic heterocycles. The molecule has 4 aromatic rings. The number of nitrogens with one attached hydrogen (secondary N) is 2. The summed E-state index contributed by atoms with van der Waals surface area (Å²) in [5.41, 5.74) is 3.46. The van der Waals surface area contributed by atoms with E-state index in [2.05, 4.69) is 59.8 Å². The van der Waals surface area contributed by atoms with Gasteiger partial charge >= 0.3 is 11.9 Å². The first-order valence-corrected chi connectivity index (χ1v) is 28.2. The summed E-state index contributed by atoms with van der Waals surface area (Å²) in [5.74, 6) is 2.25. The van der Waals surface area contributed by atoms with Crippen molar-refractivity contribution in [1.82, 2.24) is 20.6 Å². The van der Waals surface area contributed by atoms with Gasteiger partial charge in [0.1, 0.15) is 11.5 Å². The molecule has 70 heavy (non-hydrogen) atoms. The molecule has 382 valence electrons. The lowest BCUT2D eigenvalue weighted by molar-refractivity contribution is -0.160. The lowest BCUT2D eigenvalue weighted by Gasteiger charge is -2.52. The van der Waals surface area contributed by atoms with Crippen LogP contribution in [0.4, 0.5) is 0 Å². The summed E-state index contributed by atoms with van der Waals surface area (Å²) < 4.78 is 37.9. The van der Waals surface area contributed by atoms with E-state index in [1.165, 1.54) is 32.8 Å². The van der Waals surface area contributed by atoms with Crippen molar-refractivity contribution in [3.63, 3.8) is 0 Å². The van der Waals surface area contributed by atoms with Gasteiger partial charge in [-0.25, -0.2) is 0 Å². The third-order valence-corrected chi connectivity index (χ3v) is 18.3. The zero-order chi connectivity index (χ0) is 49.6. The number of pyridine rings is 2. The molecule has 12 rings (SSSR count). The number of aromatic nitrogens is 2. The number of carbonyl (C=O) groups is 2. The number of phenols is 1. The second-order valence-corrected chi connectivity index (χ2v) is 23.6. The smallest absolute Gasteiger partial charge is 0.311 e. The Morgan fingerprint density at radius 3 is 1.54 bits per heavy atom. The molecule has 4 N–H and O–H groups in total. The summed E-state index contributed by atoms with van der Waals surface area (Å²) >= 11 is 0. The fourth-order valence-electron chi connectivity index (χ4n) is 12.6. The van der Waals surface area contributed by atoms with Crippen molar-refractivity contribution in [3.05, 3.63) is 72.1 Å². The summed E-state index contributed by atoms with van der Waals surface area (Å²) in [7, 11) is -1.75. The maximum atomic E-state index is 12.1. The van der Waals surface area contributed by atoms with Crippen LogP contribution in [0.15, 0.2) is 60.7 Å². The Bertz CT molecular complexity index is 2500. The van der Waals surface area contributed by atoms with Crippen molar-refractivity contribution in [2.45, 2.75) is 191 Å². The minimum absolute atomic E-state index is 0.0275. The van der Waals surface area contributed by atoms with Crippen molar-refractivity contribution < 1.29 is 41.9 Å². The van der Waals surface area contributed by atoms with Gasteiger partial charge in [-0.15, -0.1) is 0 Å². The third-order valence-electron chi connectivity index (χ3n) is 17.7. The molecule has 2 heterocycles. The molecule has 0 radical (unpaired) electrons. The highest BCUT2D eigenvalue weighted by atomic mass is 32.2. The van der Waals surface area contributed by atoms with Gasteiger partial charge < -0.3 is 30.3 Å². The number of aliphatic carboxylic acids is 1. The number of esters is 1. The molecule has 0 unspecified atom stereocenters. The van der Waals surface area contributed by atoms with Crippen LogP contribution in [0.2, 0.25) is 0 Å². The minimum atomic E-state index is -3.25. The number of nitrogens with zero attached hydrogens (tertiary/aromatic N) is 2. The predicted octanol–water partition coefficient (Wildman–Crippen LogP) is 11.1. The van der Waals surface area contributed by atoms with E-state index in [9.17, 15) is 28.2 Å². The monoisotopic (exact) mass is 983 g/mol. The number of carboxylic acid groups (broad SMARTS) is 1. The molecule has 2 aromatic heterocycles. The number of fused-ring (bicyclic) bond motifs is 8. The van der Waals surface area contributed by atoms with Crippen LogP contribution >= 0.6 is 0 Å². The SMILES string of the molecule is CCC1CCC(OS(C)(=O)=O)CC1.CCC1CCC(Oc2ccc3nc(CNC45CCC(C(=O)O)(CC4)CC5)ccc3c2)CC1.COC(=O)C12CCC(NCc3ccc4cc(O)ccc4n3)(CC1)CC2. The largest absolute Gasteiger partial charge is 0.508 e. The van der Waals surface area contributed by atoms with Crippen molar-refractivity contribution in [2.75, 3.05) is 13.4 Å². The van der Waals surface area contributed by atoms with Gasteiger partial charge in [-0.05, 0) is 189 Å². The van der Waals surface area contributed by atoms with Gasteiger partial charge in [0.2, 0.25) is 0 Å². The Morgan fingerprint density at radius 1 is 0.629 bits per heavy atom. The van der Waals surface area contributed by atoms with Crippen molar-refractivity contribution in [2.24, 2.45) is 22.7 Å². The third kappa shape index (κ3) is 12.6. The minimum Gasteiger partial charge on any atom is -0.508 e. The zero-order valence-electron chi connectivity index (χ0n) is 42.1. The molecule has 0 atom stereocenters. The molecule has 8 aliphatic carbocycles. The quantitative estimate of drug-likeness (QED) is 0.0691. The topological polar surface area (TPSA) is 186 Å². The second-order valence-electron chi connectivity index (χ2n) is 22.0. The van der Waals surface area contributed by atoms with E-state index in [1.807, 2.05) is 18.2 Å². The first-order chi connectivity index (χ1) is 33.5. The zero-order valence-corrected chi connectivity index (χ0v) is 42.9. The molecular formula is C56H78N4O9S. The summed E-state index contributed by atoms with van der Waals surface area (Å²) in [6, 6.07) is 19.8. The molecule has 0 spiro atoms. The number of ether oxygens (including phenoxy) is 2. The standard InChI is InChI=1S/C27H36N2O3.C20H24N2O3.C9H18O3S/c1-2-19-3-7-22(8-4-19)32-23-9-10-24-20(17-23)5-6-21(29-24)18-28-27-14-11-26(12-15-27,13-16-27)25(30)31;1-25-18(24)19-6-9-20(10-7-19,11-8-19)21-13-15-3-2-14-12-16(23)4-5-17(14)22-15;1-3-8-4-6-9(7-5-8)12-13(2,10)11/h5-6,9-10,17,19,22,28H,2-4,7-8,11-16,18H2,1H3,(H,30,31);2-5,12,21,23H,6-11,13H2,1H3;8-9H,3-7H2,1-2H3. The van der Waals surface area contributed by atoms with E-state index in [0.29, 0.717) is 6.10 Å². The molecule has 8 fully saturated rings. The van der Waals surface area contributed by atoms with Crippen LogP contribution in [0.25, 0.3) is 21.8 Å². The fourth-order valence-corrected chi connectivity index (χ4v) is 13.3. The van der Waals surface area contributed by atoms with Crippen LogP contribution in [0, 0.1) is 22.7 Å². The van der Waals surface area contributed by atoms with Crippen LogP contribution in [0.3, 0.4) is 0 Å². The van der Waals surface area contributed by atoms with Gasteiger partial charge in [-0.2, -0.15) is 8.42 Å². The van der Waals surface area contributed by atoms with Crippen LogP contribution in [0.5, 0.6) is 11.5 Å². The molecular weight excluding hydrogens is 905 g/mol. The molecule has 13 nitrogen and oxygen atoms in total. The number of carboxylic acids is 1. The van der Waals surface area contributed by atoms with E-state index in [1.54, 1.807) is 12.1 Å². The van der Waals surface area contributed by atoms with Gasteiger partial charge in [0.05, 0.1) is 58.8 Å². The van der Waals surface area contributed by atoms with Crippen LogP contribution in [0.1, 0.15) is 166 Å². The average Bonchev–Trinajstić information content (AvgIpc) is 3.38. The summed E-state index contributed by atoms with van der Waals surface area (Å²) in [6.45, 7) is 5.93. The van der Waals surface area contributed by atoms with Crippen LogP contribution < -0.4 is 15.4 Å². The number of rotatable bonds is 14. The van der Waals surface area contributed by atoms with Gasteiger partial charge in [-0.3, -0.25) is 23.7 Å². The van der Waals surface area contributed by atoms with Gasteiger partial charge in [0, 0.05) is 34.9 Å². The summed E-state index contributed by atoms with van der Waals surface area (Å²) in [6.07, 6.45) is 23.8. The maximum absolute atomic E-state index is 12.1. The Hall–Kier alpha value is -4.37. The Kier molecular flexibility index (Phi) is 16.5. The number of carbonyl (C=O) groups excluding carboxylic acids is 1. The van der Waals surface area contributed by atoms with Crippen molar-refractivity contribution >= 4 is 43.9 Å². The van der Waals surface area contributed by atoms with Crippen LogP contribution in [-0.2, 0) is 41.7 Å². The highest BCUT2D eigenvalue weighted by Crippen LogP contribution is 2.54. The highest BCUT2D eigenvalue weighted by Gasteiger charge is 2.53. The lowest BCUT2D eigenvalue weighted by Crippen LogP contribution is -2.56. The number of hydrogen-bond donors (Lipinski definition) is 4. The normalized spacial score (nSPS) is 30.4. The summed E-state index contributed by atoms with van der Waals surface area (Å²) in [5, 5.41) is 28.7. The lowest BCUT2D eigenvalue weighted by atomic mass is 9.57. The second kappa shape index (κ2) is 22.2. The molecule has 8 aliphatic rings. The maximum Gasteiger partial charge on any atom is 0.311 e. The molecule has 14 heteroatoms. The van der Waals surface area contributed by atoms with E-state index < -0.39 is 21.5 Å². The highest BCUT2D eigenvalue weighted by molar-refractivity contribution is 7.86. The molecule has 8 saturated carbocycles. The van der Waals surface area contributed by atoms with Gasteiger partial charge in [0.15, 0.2) is 0 Å². The van der Waals surface area contributed by atoms with E-state index in [0.717, 1.165) is 186 Å². The van der Waals surface area contributed by atoms with E-state index in [4.69, 9.17) is 18.6 Å². The number of benzene rings is 2. The van der Waals surface area contributed by atoms with Gasteiger partial charge in [-0.1, -0.05) is 38.8 Å². The molecule has 0 amide bonds. The predicted molar refractivity (Wildman–Crippen MR) is 273 cm³/mol. The number of phenolic OH excluding ortho intramolecular Hbond substituents is 1. The van der Waals surface area contributed by atoms with E-state index >= 15 is 0 Å². The average molecular weight is 983 g/mol. The van der Waals surface area contributed by atoms with Gasteiger partial charge in [0.25, 0.3) is 10.1 Å². The Balaban J connectivity index is 0.000000154. The van der Waals surface area contributed by atoms with Crippen molar-refractivity contribution in [3.8, 4) is 11.5 Å². The Morgan fingerprint density at radius 2 is 1.09 bits per heavy atom. The molecule has 0 saturated heterocycles. The number of hydrogen-bond acceptors (Lipinski definition) is 12. The molecule has 2 aromatic carbocycles. The molecule has 4 bridgehead atoms. The van der Waals surface area contributed by atoms with Crippen LogP contribution in [-0.4, -0.2) is 77.2 Å². The number of methoxy groups -OCH3 is 1. The summed E-state index contributed by atoms with van der Waals surface area (Å²) in [4.78, 5) is 33.3. The first kappa shape index (κ1) is 52.0. The number of aromatic hydroxyl groups is 1.